The van der Waals surface area contributed by atoms with E-state index in [0.29, 0.717) is 13.0 Å². The molecule has 0 atom stereocenters. The van der Waals surface area contributed by atoms with E-state index in [-0.39, 0.29) is 5.75 Å². The van der Waals surface area contributed by atoms with Crippen LogP contribution < -0.4 is 9.62 Å². The highest BCUT2D eigenvalue weighted by atomic mass is 32.2. The number of hydrogen-bond acceptors (Lipinski definition) is 3. The molecule has 0 fully saturated rings. The van der Waals surface area contributed by atoms with Crippen LogP contribution in [0.4, 0.5) is 5.69 Å². The van der Waals surface area contributed by atoms with Gasteiger partial charge in [0.1, 0.15) is 0 Å². The van der Waals surface area contributed by atoms with Gasteiger partial charge in [0.05, 0.1) is 11.4 Å². The van der Waals surface area contributed by atoms with Gasteiger partial charge in [-0.1, -0.05) is 6.07 Å². The van der Waals surface area contributed by atoms with Crippen molar-refractivity contribution in [1.29, 1.82) is 0 Å². The second kappa shape index (κ2) is 6.20. The molecule has 0 unspecified atom stereocenters. The van der Waals surface area contributed by atoms with Gasteiger partial charge in [-0.25, -0.2) is 8.42 Å². The Morgan fingerprint density at radius 1 is 1.17 bits per heavy atom. The Labute approximate surface area is 110 Å². The fraction of sp³-hybridized carbons (Fsp3) is 0.538. The third kappa shape index (κ3) is 3.99. The summed E-state index contributed by atoms with van der Waals surface area (Å²) in [5, 5.41) is 2.95. The normalized spacial score (nSPS) is 11.6. The van der Waals surface area contributed by atoms with Gasteiger partial charge in [-0.15, -0.1) is 0 Å². The zero-order chi connectivity index (χ0) is 13.8. The van der Waals surface area contributed by atoms with Crippen LogP contribution in [0.5, 0.6) is 0 Å². The van der Waals surface area contributed by atoms with E-state index in [4.69, 9.17) is 0 Å². The number of benzene rings is 1. The predicted octanol–water partition coefficient (Wildman–Crippen LogP) is 1.68. The first-order valence-corrected chi connectivity index (χ1v) is 7.67. The zero-order valence-electron chi connectivity index (χ0n) is 11.5. The van der Waals surface area contributed by atoms with Crippen molar-refractivity contribution < 1.29 is 8.42 Å². The first-order chi connectivity index (χ1) is 8.36. The first-order valence-electron chi connectivity index (χ1n) is 6.06. The molecule has 1 rings (SSSR count). The molecule has 0 amide bonds. The zero-order valence-corrected chi connectivity index (χ0v) is 12.3. The molecule has 0 bridgehead atoms. The van der Waals surface area contributed by atoms with Crippen molar-refractivity contribution in [2.24, 2.45) is 0 Å². The minimum Gasteiger partial charge on any atom is -0.320 e. The lowest BCUT2D eigenvalue weighted by molar-refractivity contribution is 0.590. The Balaban J connectivity index is 2.88. The Bertz CT molecular complexity index is 477. The molecular weight excluding hydrogens is 248 g/mol. The van der Waals surface area contributed by atoms with Gasteiger partial charge in [0, 0.05) is 7.05 Å². The van der Waals surface area contributed by atoms with Crippen LogP contribution in [0.15, 0.2) is 18.2 Å². The number of rotatable bonds is 6. The highest BCUT2D eigenvalue weighted by molar-refractivity contribution is 7.92. The van der Waals surface area contributed by atoms with Crippen molar-refractivity contribution in [2.75, 3.05) is 30.7 Å². The molecular formula is C13H22N2O2S. The molecule has 0 radical (unpaired) electrons. The lowest BCUT2D eigenvalue weighted by Crippen LogP contribution is -2.30. The van der Waals surface area contributed by atoms with Crippen LogP contribution in [0.25, 0.3) is 0 Å². The molecule has 0 aromatic heterocycles. The average Bonchev–Trinajstić information content (AvgIpc) is 2.27. The molecule has 102 valence electrons. The molecule has 0 saturated carbocycles. The topological polar surface area (TPSA) is 49.4 Å². The summed E-state index contributed by atoms with van der Waals surface area (Å²) < 4.78 is 25.6. The first kappa shape index (κ1) is 15.0. The molecule has 5 heteroatoms. The van der Waals surface area contributed by atoms with E-state index in [1.165, 1.54) is 4.31 Å². The molecule has 0 spiro atoms. The Morgan fingerprint density at radius 2 is 1.72 bits per heavy atom. The van der Waals surface area contributed by atoms with E-state index in [0.717, 1.165) is 16.8 Å². The van der Waals surface area contributed by atoms with Gasteiger partial charge in [-0.2, -0.15) is 0 Å². The van der Waals surface area contributed by atoms with Crippen molar-refractivity contribution >= 4 is 15.7 Å². The molecule has 18 heavy (non-hydrogen) atoms. The van der Waals surface area contributed by atoms with Crippen LogP contribution in [0.2, 0.25) is 0 Å². The van der Waals surface area contributed by atoms with Crippen LogP contribution in [-0.2, 0) is 10.0 Å². The SMILES string of the molecule is CNCCCS(=O)(=O)N(C)c1cc(C)cc(C)c1. The van der Waals surface area contributed by atoms with Gasteiger partial charge in [0.15, 0.2) is 0 Å². The fourth-order valence-corrected chi connectivity index (χ4v) is 3.07. The summed E-state index contributed by atoms with van der Waals surface area (Å²) in [6, 6.07) is 5.82. The number of nitrogens with zero attached hydrogens (tertiary/aromatic N) is 1. The number of aryl methyl sites for hydroxylation is 2. The highest BCUT2D eigenvalue weighted by Crippen LogP contribution is 2.20. The van der Waals surface area contributed by atoms with E-state index >= 15 is 0 Å². The molecule has 1 N–H and O–H groups in total. The van der Waals surface area contributed by atoms with Crippen molar-refractivity contribution in [2.45, 2.75) is 20.3 Å². The summed E-state index contributed by atoms with van der Waals surface area (Å²) in [5.74, 6) is 0.164. The van der Waals surface area contributed by atoms with Gasteiger partial charge in [-0.3, -0.25) is 4.31 Å². The standard InChI is InChI=1S/C13H22N2O2S/c1-11-8-12(2)10-13(9-11)15(4)18(16,17)7-5-6-14-3/h8-10,14H,5-7H2,1-4H3. The van der Waals surface area contributed by atoms with Crippen molar-refractivity contribution in [3.05, 3.63) is 29.3 Å². The van der Waals surface area contributed by atoms with Gasteiger partial charge in [0.25, 0.3) is 0 Å². The Morgan fingerprint density at radius 3 is 2.22 bits per heavy atom. The maximum Gasteiger partial charge on any atom is 0.234 e. The molecule has 0 aliphatic rings. The van der Waals surface area contributed by atoms with Crippen LogP contribution >= 0.6 is 0 Å². The second-order valence-corrected chi connectivity index (χ2v) is 6.71. The molecule has 0 aliphatic carbocycles. The number of sulfonamides is 1. The fourth-order valence-electron chi connectivity index (χ4n) is 1.86. The van der Waals surface area contributed by atoms with E-state index < -0.39 is 10.0 Å². The Hall–Kier alpha value is -1.07. The van der Waals surface area contributed by atoms with Crippen LogP contribution in [0, 0.1) is 13.8 Å². The second-order valence-electron chi connectivity index (χ2n) is 4.59. The number of anilines is 1. The van der Waals surface area contributed by atoms with Crippen LogP contribution in [0.3, 0.4) is 0 Å². The Kier molecular flexibility index (Phi) is 5.16. The van der Waals surface area contributed by atoms with Gasteiger partial charge < -0.3 is 5.32 Å². The van der Waals surface area contributed by atoms with Crippen molar-refractivity contribution in [3.8, 4) is 0 Å². The van der Waals surface area contributed by atoms with Crippen LogP contribution in [0.1, 0.15) is 17.5 Å². The minimum atomic E-state index is -3.23. The predicted molar refractivity (Wildman–Crippen MR) is 76.6 cm³/mol. The summed E-state index contributed by atoms with van der Waals surface area (Å²) in [6.45, 7) is 4.65. The third-order valence-electron chi connectivity index (χ3n) is 2.82. The van der Waals surface area contributed by atoms with E-state index in [1.807, 2.05) is 39.1 Å². The largest absolute Gasteiger partial charge is 0.320 e. The quantitative estimate of drug-likeness (QED) is 0.800. The van der Waals surface area contributed by atoms with Gasteiger partial charge in [0.2, 0.25) is 10.0 Å². The monoisotopic (exact) mass is 270 g/mol. The molecule has 0 heterocycles. The average molecular weight is 270 g/mol. The summed E-state index contributed by atoms with van der Waals surface area (Å²) in [4.78, 5) is 0. The smallest absolute Gasteiger partial charge is 0.234 e. The van der Waals surface area contributed by atoms with Crippen molar-refractivity contribution in [1.82, 2.24) is 5.32 Å². The minimum absolute atomic E-state index is 0.164. The molecule has 0 saturated heterocycles. The molecule has 0 aliphatic heterocycles. The highest BCUT2D eigenvalue weighted by Gasteiger charge is 2.18. The molecule has 1 aromatic carbocycles. The summed E-state index contributed by atoms with van der Waals surface area (Å²) >= 11 is 0. The van der Waals surface area contributed by atoms with Gasteiger partial charge >= 0.3 is 0 Å². The number of hydrogen-bond donors (Lipinski definition) is 1. The third-order valence-corrected chi connectivity index (χ3v) is 4.67. The van der Waals surface area contributed by atoms with E-state index in [9.17, 15) is 8.42 Å². The number of nitrogens with one attached hydrogen (secondary N) is 1. The lowest BCUT2D eigenvalue weighted by atomic mass is 10.1. The van der Waals surface area contributed by atoms with E-state index in [2.05, 4.69) is 5.32 Å². The summed E-state index contributed by atoms with van der Waals surface area (Å²) in [7, 11) is 0.208. The summed E-state index contributed by atoms with van der Waals surface area (Å²) in [5.41, 5.74) is 2.88. The van der Waals surface area contributed by atoms with Gasteiger partial charge in [-0.05, 0) is 57.1 Å². The lowest BCUT2D eigenvalue weighted by Gasteiger charge is -2.20. The van der Waals surface area contributed by atoms with Crippen molar-refractivity contribution in [3.63, 3.8) is 0 Å². The summed E-state index contributed by atoms with van der Waals surface area (Å²) in [6.07, 6.45) is 0.619. The van der Waals surface area contributed by atoms with E-state index in [1.54, 1.807) is 7.05 Å². The molecule has 1 aromatic rings. The maximum absolute atomic E-state index is 12.1. The van der Waals surface area contributed by atoms with Crippen LogP contribution in [-0.4, -0.2) is 34.8 Å². The maximum atomic E-state index is 12.1. The molecule has 4 nitrogen and oxygen atoms in total.